The second kappa shape index (κ2) is 5.48. The molecule has 1 saturated heterocycles. The molecule has 0 radical (unpaired) electrons. The third-order valence-corrected chi connectivity index (χ3v) is 5.39. The van der Waals surface area contributed by atoms with Crippen molar-refractivity contribution in [3.8, 4) is 0 Å². The molecular formula is C12H21NO5S. The molecule has 0 aliphatic carbocycles. The van der Waals surface area contributed by atoms with Gasteiger partial charge in [0.1, 0.15) is 11.8 Å². The predicted molar refractivity (Wildman–Crippen MR) is 70.5 cm³/mol. The SMILES string of the molecule is CC(C)(C)N(CC(=O)O)C(=O)C1CCCCS1(=O)=O. The van der Waals surface area contributed by atoms with Crippen LogP contribution >= 0.6 is 0 Å². The van der Waals surface area contributed by atoms with E-state index >= 15 is 0 Å². The monoisotopic (exact) mass is 291 g/mol. The Kier molecular flexibility index (Phi) is 4.60. The largest absolute Gasteiger partial charge is 0.480 e. The van der Waals surface area contributed by atoms with Crippen LogP contribution in [-0.4, -0.2) is 53.4 Å². The molecule has 0 saturated carbocycles. The highest BCUT2D eigenvalue weighted by atomic mass is 32.2. The molecule has 1 aliphatic rings. The molecule has 19 heavy (non-hydrogen) atoms. The molecule has 1 amide bonds. The maximum Gasteiger partial charge on any atom is 0.323 e. The first-order valence-corrected chi connectivity index (χ1v) is 8.02. The van der Waals surface area contributed by atoms with Gasteiger partial charge in [-0.25, -0.2) is 8.42 Å². The fourth-order valence-corrected chi connectivity index (χ4v) is 4.04. The van der Waals surface area contributed by atoms with Gasteiger partial charge in [-0.05, 0) is 33.6 Å². The second-order valence-electron chi connectivity index (χ2n) is 5.84. The van der Waals surface area contributed by atoms with Crippen molar-refractivity contribution >= 4 is 21.7 Å². The zero-order chi connectivity index (χ0) is 14.8. The van der Waals surface area contributed by atoms with E-state index in [2.05, 4.69) is 0 Å². The molecule has 1 rings (SSSR count). The summed E-state index contributed by atoms with van der Waals surface area (Å²) in [6, 6.07) is 0. The number of carboxylic acids is 1. The smallest absolute Gasteiger partial charge is 0.323 e. The number of carbonyl (C=O) groups is 2. The molecule has 1 heterocycles. The lowest BCUT2D eigenvalue weighted by atomic mass is 10.0. The molecule has 0 spiro atoms. The molecule has 0 bridgehead atoms. The fourth-order valence-electron chi connectivity index (χ4n) is 2.19. The molecule has 0 aromatic carbocycles. The summed E-state index contributed by atoms with van der Waals surface area (Å²) in [4.78, 5) is 24.4. The fraction of sp³-hybridized carbons (Fsp3) is 0.833. The topological polar surface area (TPSA) is 91.8 Å². The third-order valence-electron chi connectivity index (χ3n) is 3.22. The molecule has 1 aliphatic heterocycles. The van der Waals surface area contributed by atoms with E-state index in [1.165, 1.54) is 0 Å². The number of carbonyl (C=O) groups excluding carboxylic acids is 1. The number of hydrogen-bond acceptors (Lipinski definition) is 4. The Morgan fingerprint density at radius 3 is 2.26 bits per heavy atom. The van der Waals surface area contributed by atoms with Crippen LogP contribution in [0.25, 0.3) is 0 Å². The molecule has 1 unspecified atom stereocenters. The summed E-state index contributed by atoms with van der Waals surface area (Å²) in [6.45, 7) is 4.62. The number of hydrogen-bond donors (Lipinski definition) is 1. The van der Waals surface area contributed by atoms with Gasteiger partial charge in [0.2, 0.25) is 5.91 Å². The molecule has 6 nitrogen and oxygen atoms in total. The first-order chi connectivity index (χ1) is 8.55. The van der Waals surface area contributed by atoms with Crippen LogP contribution in [0.15, 0.2) is 0 Å². The van der Waals surface area contributed by atoms with Gasteiger partial charge in [-0.3, -0.25) is 9.59 Å². The minimum absolute atomic E-state index is 0.00839. The van der Waals surface area contributed by atoms with Crippen molar-refractivity contribution in [2.45, 2.75) is 50.8 Å². The van der Waals surface area contributed by atoms with Crippen molar-refractivity contribution < 1.29 is 23.1 Å². The average Bonchev–Trinajstić information content (AvgIpc) is 2.22. The van der Waals surface area contributed by atoms with E-state index in [1.807, 2.05) is 0 Å². The third kappa shape index (κ3) is 3.92. The molecule has 1 N–H and O–H groups in total. The van der Waals surface area contributed by atoms with Gasteiger partial charge >= 0.3 is 5.97 Å². The van der Waals surface area contributed by atoms with E-state index in [4.69, 9.17) is 5.11 Å². The van der Waals surface area contributed by atoms with Crippen molar-refractivity contribution in [1.29, 1.82) is 0 Å². The zero-order valence-corrected chi connectivity index (χ0v) is 12.4. The normalized spacial score (nSPS) is 22.8. The Bertz CT molecular complexity index is 463. The molecule has 7 heteroatoms. The van der Waals surface area contributed by atoms with Gasteiger partial charge < -0.3 is 10.0 Å². The highest BCUT2D eigenvalue weighted by molar-refractivity contribution is 7.92. The number of rotatable bonds is 3. The van der Waals surface area contributed by atoms with E-state index in [9.17, 15) is 18.0 Å². The predicted octanol–water partition coefficient (Wildman–Crippen LogP) is 0.665. The number of sulfone groups is 1. The summed E-state index contributed by atoms with van der Waals surface area (Å²) in [5, 5.41) is 7.80. The Hall–Kier alpha value is -1.11. The van der Waals surface area contributed by atoms with Crippen LogP contribution in [0.2, 0.25) is 0 Å². The summed E-state index contributed by atoms with van der Waals surface area (Å²) in [5.41, 5.74) is -0.720. The van der Waals surface area contributed by atoms with Gasteiger partial charge in [-0.15, -0.1) is 0 Å². The summed E-state index contributed by atoms with van der Waals surface area (Å²) < 4.78 is 23.9. The highest BCUT2D eigenvalue weighted by Crippen LogP contribution is 2.24. The van der Waals surface area contributed by atoms with Gasteiger partial charge in [0.05, 0.1) is 5.75 Å². The lowest BCUT2D eigenvalue weighted by Crippen LogP contribution is -2.54. The van der Waals surface area contributed by atoms with Gasteiger partial charge in [-0.2, -0.15) is 0 Å². The van der Waals surface area contributed by atoms with Gasteiger partial charge in [0.15, 0.2) is 9.84 Å². The van der Waals surface area contributed by atoms with Gasteiger partial charge in [0.25, 0.3) is 0 Å². The second-order valence-corrected chi connectivity index (χ2v) is 8.14. The van der Waals surface area contributed by atoms with Crippen molar-refractivity contribution in [2.24, 2.45) is 0 Å². The molecule has 110 valence electrons. The Morgan fingerprint density at radius 2 is 1.84 bits per heavy atom. The lowest BCUT2D eigenvalue weighted by Gasteiger charge is -2.37. The molecule has 1 fully saturated rings. The van der Waals surface area contributed by atoms with E-state index in [0.29, 0.717) is 12.8 Å². The molecule has 1 atom stereocenters. The van der Waals surface area contributed by atoms with E-state index in [0.717, 1.165) is 4.90 Å². The minimum Gasteiger partial charge on any atom is -0.480 e. The van der Waals surface area contributed by atoms with E-state index < -0.39 is 39.0 Å². The van der Waals surface area contributed by atoms with E-state index in [1.54, 1.807) is 20.8 Å². The maximum absolute atomic E-state index is 12.4. The van der Waals surface area contributed by atoms with Crippen molar-refractivity contribution in [1.82, 2.24) is 4.90 Å². The van der Waals surface area contributed by atoms with Crippen LogP contribution in [0, 0.1) is 0 Å². The first kappa shape index (κ1) is 15.9. The van der Waals surface area contributed by atoms with E-state index in [-0.39, 0.29) is 12.2 Å². The summed E-state index contributed by atoms with van der Waals surface area (Å²) in [7, 11) is -3.45. The van der Waals surface area contributed by atoms with Crippen LogP contribution in [0.4, 0.5) is 0 Å². The summed E-state index contributed by atoms with van der Waals surface area (Å²) in [5.74, 6) is -1.72. The van der Waals surface area contributed by atoms with Crippen LogP contribution in [0.5, 0.6) is 0 Å². The maximum atomic E-state index is 12.4. The highest BCUT2D eigenvalue weighted by Gasteiger charge is 2.41. The Morgan fingerprint density at radius 1 is 1.26 bits per heavy atom. The first-order valence-electron chi connectivity index (χ1n) is 6.30. The molecular weight excluding hydrogens is 270 g/mol. The Balaban J connectivity index is 3.02. The van der Waals surface area contributed by atoms with Gasteiger partial charge in [-0.1, -0.05) is 6.42 Å². The number of amides is 1. The Labute approximate surface area is 113 Å². The standard InChI is InChI=1S/C12H21NO5S/c1-12(2,3)13(8-10(14)15)11(16)9-6-4-5-7-19(9,17)18/h9H,4-8H2,1-3H3,(H,14,15). The van der Waals surface area contributed by atoms with Crippen molar-refractivity contribution in [2.75, 3.05) is 12.3 Å². The number of nitrogens with zero attached hydrogens (tertiary/aromatic N) is 1. The minimum atomic E-state index is -3.45. The van der Waals surface area contributed by atoms with Crippen LogP contribution in [-0.2, 0) is 19.4 Å². The van der Waals surface area contributed by atoms with Crippen LogP contribution < -0.4 is 0 Å². The average molecular weight is 291 g/mol. The quantitative estimate of drug-likeness (QED) is 0.825. The van der Waals surface area contributed by atoms with Crippen molar-refractivity contribution in [3.05, 3.63) is 0 Å². The molecule has 0 aromatic rings. The summed E-state index contributed by atoms with van der Waals surface area (Å²) >= 11 is 0. The number of aliphatic carboxylic acids is 1. The van der Waals surface area contributed by atoms with Gasteiger partial charge in [0, 0.05) is 5.54 Å². The van der Waals surface area contributed by atoms with Crippen LogP contribution in [0.3, 0.4) is 0 Å². The lowest BCUT2D eigenvalue weighted by molar-refractivity contribution is -0.148. The zero-order valence-electron chi connectivity index (χ0n) is 11.5. The summed E-state index contributed by atoms with van der Waals surface area (Å²) in [6.07, 6.45) is 1.54. The van der Waals surface area contributed by atoms with Crippen LogP contribution in [0.1, 0.15) is 40.0 Å². The van der Waals surface area contributed by atoms with Crippen molar-refractivity contribution in [3.63, 3.8) is 0 Å². The number of carboxylic acid groups (broad SMARTS) is 1. The molecule has 0 aromatic heterocycles.